The number of hydrogen-bond acceptors (Lipinski definition) is 4. The highest BCUT2D eigenvalue weighted by molar-refractivity contribution is 6.30. The van der Waals surface area contributed by atoms with Crippen molar-refractivity contribution in [2.45, 2.75) is 26.3 Å². The SMILES string of the molecule is COc1ccc(NC(=O)C(CC(C)C)NC(=O)c2ccc(Cl)cc2)cc1OC. The van der Waals surface area contributed by atoms with Gasteiger partial charge in [-0.3, -0.25) is 9.59 Å². The van der Waals surface area contributed by atoms with Crippen LogP contribution in [0.5, 0.6) is 11.5 Å². The van der Waals surface area contributed by atoms with Crippen LogP contribution >= 0.6 is 11.6 Å². The molecule has 0 aliphatic rings. The quantitative estimate of drug-likeness (QED) is 0.693. The van der Waals surface area contributed by atoms with Crippen LogP contribution in [0.25, 0.3) is 0 Å². The summed E-state index contributed by atoms with van der Waals surface area (Å²) in [7, 11) is 3.07. The van der Waals surface area contributed by atoms with E-state index in [1.807, 2.05) is 13.8 Å². The van der Waals surface area contributed by atoms with E-state index in [0.717, 1.165) is 0 Å². The number of carbonyl (C=O) groups excluding carboxylic acids is 2. The van der Waals surface area contributed by atoms with Gasteiger partial charge < -0.3 is 20.1 Å². The minimum Gasteiger partial charge on any atom is -0.493 e. The predicted octanol–water partition coefficient (Wildman–Crippen LogP) is 4.14. The van der Waals surface area contributed by atoms with E-state index in [-0.39, 0.29) is 17.7 Å². The van der Waals surface area contributed by atoms with Gasteiger partial charge in [0.05, 0.1) is 14.2 Å². The molecule has 0 spiro atoms. The summed E-state index contributed by atoms with van der Waals surface area (Å²) in [6, 6.07) is 10.9. The second kappa shape index (κ2) is 9.99. The fraction of sp³-hybridized carbons (Fsp3) is 0.333. The molecule has 0 aliphatic heterocycles. The molecule has 6 nitrogen and oxygen atoms in total. The van der Waals surface area contributed by atoms with E-state index in [4.69, 9.17) is 21.1 Å². The van der Waals surface area contributed by atoms with Crippen LogP contribution in [0.1, 0.15) is 30.6 Å². The van der Waals surface area contributed by atoms with Gasteiger partial charge >= 0.3 is 0 Å². The normalized spacial score (nSPS) is 11.6. The smallest absolute Gasteiger partial charge is 0.251 e. The van der Waals surface area contributed by atoms with Gasteiger partial charge in [-0.2, -0.15) is 0 Å². The lowest BCUT2D eigenvalue weighted by Crippen LogP contribution is -2.44. The number of methoxy groups -OCH3 is 2. The first-order valence-electron chi connectivity index (χ1n) is 8.93. The van der Waals surface area contributed by atoms with Crippen LogP contribution in [0, 0.1) is 5.92 Å². The molecule has 2 aromatic rings. The average molecular weight is 405 g/mol. The number of anilines is 1. The molecule has 0 bridgehead atoms. The van der Waals surface area contributed by atoms with Gasteiger partial charge in [-0.15, -0.1) is 0 Å². The molecule has 2 N–H and O–H groups in total. The fourth-order valence-electron chi connectivity index (χ4n) is 2.69. The standard InChI is InChI=1S/C21H25ClN2O4/c1-13(2)11-17(24-20(25)14-5-7-15(22)8-6-14)21(26)23-16-9-10-18(27-3)19(12-16)28-4/h5-10,12-13,17H,11H2,1-4H3,(H,23,26)(H,24,25). The molecule has 0 fully saturated rings. The third kappa shape index (κ3) is 5.89. The molecular formula is C21H25ClN2O4. The molecule has 0 heterocycles. The van der Waals surface area contributed by atoms with Gasteiger partial charge in [0, 0.05) is 22.3 Å². The van der Waals surface area contributed by atoms with Gasteiger partial charge in [-0.25, -0.2) is 0 Å². The fourth-order valence-corrected chi connectivity index (χ4v) is 2.82. The number of nitrogens with one attached hydrogen (secondary N) is 2. The third-order valence-corrected chi connectivity index (χ3v) is 4.34. The third-order valence-electron chi connectivity index (χ3n) is 4.09. The number of rotatable bonds is 8. The number of carbonyl (C=O) groups is 2. The second-order valence-corrected chi connectivity index (χ2v) is 7.16. The summed E-state index contributed by atoms with van der Waals surface area (Å²) in [5.41, 5.74) is 0.995. The van der Waals surface area contributed by atoms with E-state index in [9.17, 15) is 9.59 Å². The highest BCUT2D eigenvalue weighted by Gasteiger charge is 2.23. The minimum absolute atomic E-state index is 0.215. The molecule has 150 valence electrons. The lowest BCUT2D eigenvalue weighted by atomic mass is 10.0. The Hall–Kier alpha value is -2.73. The van der Waals surface area contributed by atoms with Gasteiger partial charge in [-0.05, 0) is 48.7 Å². The first kappa shape index (κ1) is 21.6. The maximum Gasteiger partial charge on any atom is 0.251 e. The largest absolute Gasteiger partial charge is 0.493 e. The Bertz CT molecular complexity index is 822. The van der Waals surface area contributed by atoms with Crippen LogP contribution < -0.4 is 20.1 Å². The van der Waals surface area contributed by atoms with Gasteiger partial charge in [0.15, 0.2) is 11.5 Å². The van der Waals surface area contributed by atoms with E-state index in [1.54, 1.807) is 49.6 Å². The van der Waals surface area contributed by atoms with E-state index in [0.29, 0.717) is 34.2 Å². The zero-order valence-electron chi connectivity index (χ0n) is 16.4. The summed E-state index contributed by atoms with van der Waals surface area (Å²) in [6.07, 6.45) is 0.498. The zero-order valence-corrected chi connectivity index (χ0v) is 17.2. The topological polar surface area (TPSA) is 76.7 Å². The lowest BCUT2D eigenvalue weighted by molar-refractivity contribution is -0.118. The zero-order chi connectivity index (χ0) is 20.7. The number of hydrogen-bond donors (Lipinski definition) is 2. The molecule has 1 atom stereocenters. The van der Waals surface area contributed by atoms with Crippen LogP contribution in [0.2, 0.25) is 5.02 Å². The Kier molecular flexibility index (Phi) is 7.70. The highest BCUT2D eigenvalue weighted by atomic mass is 35.5. The molecule has 0 saturated heterocycles. The lowest BCUT2D eigenvalue weighted by Gasteiger charge is -2.20. The maximum atomic E-state index is 12.8. The number of benzene rings is 2. The van der Waals surface area contributed by atoms with Crippen LogP contribution in [0.3, 0.4) is 0 Å². The first-order chi connectivity index (χ1) is 13.3. The Morgan fingerprint density at radius 3 is 2.21 bits per heavy atom. The van der Waals surface area contributed by atoms with Gasteiger partial charge in [0.1, 0.15) is 6.04 Å². The highest BCUT2D eigenvalue weighted by Crippen LogP contribution is 2.29. The van der Waals surface area contributed by atoms with E-state index >= 15 is 0 Å². The van der Waals surface area contributed by atoms with Crippen molar-refractivity contribution >= 4 is 29.1 Å². The van der Waals surface area contributed by atoms with E-state index in [1.165, 1.54) is 7.11 Å². The summed E-state index contributed by atoms with van der Waals surface area (Å²) in [4.78, 5) is 25.3. The second-order valence-electron chi connectivity index (χ2n) is 6.72. The summed E-state index contributed by atoms with van der Waals surface area (Å²) >= 11 is 5.86. The Morgan fingerprint density at radius 2 is 1.64 bits per heavy atom. The van der Waals surface area contributed by atoms with Crippen LogP contribution in [-0.2, 0) is 4.79 Å². The molecule has 2 aromatic carbocycles. The van der Waals surface area contributed by atoms with Gasteiger partial charge in [0.25, 0.3) is 5.91 Å². The minimum atomic E-state index is -0.684. The van der Waals surface area contributed by atoms with Crippen molar-refractivity contribution in [3.8, 4) is 11.5 Å². The van der Waals surface area contributed by atoms with Gasteiger partial charge in [-0.1, -0.05) is 25.4 Å². The van der Waals surface area contributed by atoms with Crippen molar-refractivity contribution in [2.75, 3.05) is 19.5 Å². The molecule has 0 aliphatic carbocycles. The number of ether oxygens (including phenoxy) is 2. The Morgan fingerprint density at radius 1 is 1.00 bits per heavy atom. The molecule has 1 unspecified atom stereocenters. The predicted molar refractivity (Wildman–Crippen MR) is 110 cm³/mol. The van der Waals surface area contributed by atoms with E-state index < -0.39 is 6.04 Å². The maximum absolute atomic E-state index is 12.8. The summed E-state index contributed by atoms with van der Waals surface area (Å²) in [5, 5.41) is 6.18. The monoisotopic (exact) mass is 404 g/mol. The van der Waals surface area contributed by atoms with Crippen molar-refractivity contribution < 1.29 is 19.1 Å². The summed E-state index contributed by atoms with van der Waals surface area (Å²) in [5.74, 6) is 0.654. The molecule has 0 radical (unpaired) electrons. The Balaban J connectivity index is 2.14. The number of halogens is 1. The van der Waals surface area contributed by atoms with Crippen molar-refractivity contribution in [1.29, 1.82) is 0 Å². The van der Waals surface area contributed by atoms with Crippen molar-refractivity contribution in [1.82, 2.24) is 5.32 Å². The molecular weight excluding hydrogens is 380 g/mol. The molecule has 7 heteroatoms. The summed E-state index contributed by atoms with van der Waals surface area (Å²) < 4.78 is 10.5. The summed E-state index contributed by atoms with van der Waals surface area (Å²) in [6.45, 7) is 3.98. The number of amides is 2. The molecule has 2 rings (SSSR count). The van der Waals surface area contributed by atoms with E-state index in [2.05, 4.69) is 10.6 Å². The molecule has 28 heavy (non-hydrogen) atoms. The average Bonchev–Trinajstić information content (AvgIpc) is 2.67. The molecule has 0 aromatic heterocycles. The Labute approximate surface area is 170 Å². The van der Waals surface area contributed by atoms with Crippen LogP contribution in [0.15, 0.2) is 42.5 Å². The molecule has 0 saturated carbocycles. The van der Waals surface area contributed by atoms with Crippen molar-refractivity contribution in [3.63, 3.8) is 0 Å². The van der Waals surface area contributed by atoms with Crippen LogP contribution in [0.4, 0.5) is 5.69 Å². The molecule has 2 amide bonds. The van der Waals surface area contributed by atoms with Crippen molar-refractivity contribution in [3.05, 3.63) is 53.1 Å². The van der Waals surface area contributed by atoms with Gasteiger partial charge in [0.2, 0.25) is 5.91 Å². The first-order valence-corrected chi connectivity index (χ1v) is 9.31. The van der Waals surface area contributed by atoms with Crippen LogP contribution in [-0.4, -0.2) is 32.1 Å². The van der Waals surface area contributed by atoms with Crippen molar-refractivity contribution in [2.24, 2.45) is 5.92 Å².